The van der Waals surface area contributed by atoms with E-state index in [-0.39, 0.29) is 0 Å². The van der Waals surface area contributed by atoms with Gasteiger partial charge in [0.05, 0.1) is 13.2 Å². The van der Waals surface area contributed by atoms with Crippen LogP contribution in [-0.2, 0) is 12.8 Å². The van der Waals surface area contributed by atoms with Gasteiger partial charge in [-0.1, -0.05) is 72.8 Å². The minimum Gasteiger partial charge on any atom is -0.493 e. The Labute approximate surface area is 166 Å². The van der Waals surface area contributed by atoms with Crippen LogP contribution in [0.4, 0.5) is 0 Å². The Balaban J connectivity index is 1.33. The third-order valence-electron chi connectivity index (χ3n) is 4.79. The van der Waals surface area contributed by atoms with Gasteiger partial charge in [-0.15, -0.1) is 0 Å². The predicted molar refractivity (Wildman–Crippen MR) is 115 cm³/mol. The van der Waals surface area contributed by atoms with Crippen LogP contribution in [0.25, 0.3) is 10.8 Å². The summed E-state index contributed by atoms with van der Waals surface area (Å²) in [4.78, 5) is 0. The second-order valence-corrected chi connectivity index (χ2v) is 6.84. The first-order valence-corrected chi connectivity index (χ1v) is 9.74. The number of fused-ring (bicyclic) bond motifs is 1. The van der Waals surface area contributed by atoms with Crippen molar-refractivity contribution in [1.82, 2.24) is 0 Å². The monoisotopic (exact) mass is 368 g/mol. The summed E-state index contributed by atoms with van der Waals surface area (Å²) in [7, 11) is 0. The largest absolute Gasteiger partial charge is 0.493 e. The molecule has 0 saturated carbocycles. The van der Waals surface area contributed by atoms with Gasteiger partial charge in [0.25, 0.3) is 0 Å². The number of hydrogen-bond acceptors (Lipinski definition) is 2. The summed E-state index contributed by atoms with van der Waals surface area (Å²) in [5.41, 5.74) is 2.58. The van der Waals surface area contributed by atoms with Gasteiger partial charge in [-0.05, 0) is 46.2 Å². The molecular weight excluding hydrogens is 344 g/mol. The Morgan fingerprint density at radius 2 is 0.893 bits per heavy atom. The molecule has 0 saturated heterocycles. The van der Waals surface area contributed by atoms with Crippen molar-refractivity contribution in [1.29, 1.82) is 0 Å². The molecule has 0 fully saturated rings. The highest BCUT2D eigenvalue weighted by Gasteiger charge is 2.02. The molecule has 0 aliphatic heterocycles. The number of hydrogen-bond donors (Lipinski definition) is 0. The van der Waals surface area contributed by atoms with Crippen LogP contribution in [0.1, 0.15) is 11.1 Å². The summed E-state index contributed by atoms with van der Waals surface area (Å²) in [5.74, 6) is 1.81. The Morgan fingerprint density at radius 3 is 1.32 bits per heavy atom. The van der Waals surface area contributed by atoms with Gasteiger partial charge in [0, 0.05) is 12.8 Å². The van der Waals surface area contributed by atoms with E-state index >= 15 is 0 Å². The lowest BCUT2D eigenvalue weighted by Gasteiger charge is -2.10. The molecule has 2 heteroatoms. The molecule has 140 valence electrons. The predicted octanol–water partition coefficient (Wildman–Crippen LogP) is 6.08. The minimum absolute atomic E-state index is 0.677. The van der Waals surface area contributed by atoms with Crippen LogP contribution < -0.4 is 9.47 Å². The zero-order chi connectivity index (χ0) is 19.0. The SMILES string of the molecule is c1ccc(CCOc2ccc3cc(OCCc4ccccc4)ccc3c2)cc1. The van der Waals surface area contributed by atoms with Crippen LogP contribution >= 0.6 is 0 Å². The fourth-order valence-electron chi connectivity index (χ4n) is 3.24. The molecular formula is C26H24O2. The van der Waals surface area contributed by atoms with Gasteiger partial charge in [-0.2, -0.15) is 0 Å². The fourth-order valence-corrected chi connectivity index (χ4v) is 3.24. The molecule has 4 aromatic carbocycles. The molecule has 4 aromatic rings. The molecule has 0 aliphatic rings. The maximum Gasteiger partial charge on any atom is 0.119 e. The van der Waals surface area contributed by atoms with E-state index in [4.69, 9.17) is 9.47 Å². The Morgan fingerprint density at radius 1 is 0.464 bits per heavy atom. The van der Waals surface area contributed by atoms with Gasteiger partial charge in [-0.25, -0.2) is 0 Å². The molecule has 2 nitrogen and oxygen atoms in total. The van der Waals surface area contributed by atoms with E-state index in [0.717, 1.165) is 35.1 Å². The van der Waals surface area contributed by atoms with Crippen LogP contribution in [0.3, 0.4) is 0 Å². The van der Waals surface area contributed by atoms with Crippen LogP contribution in [0.5, 0.6) is 11.5 Å². The number of ether oxygens (including phenoxy) is 2. The van der Waals surface area contributed by atoms with Gasteiger partial charge in [-0.3, -0.25) is 0 Å². The lowest BCUT2D eigenvalue weighted by molar-refractivity contribution is 0.321. The van der Waals surface area contributed by atoms with Crippen molar-refractivity contribution in [3.05, 3.63) is 108 Å². The maximum absolute atomic E-state index is 5.93. The van der Waals surface area contributed by atoms with Crippen molar-refractivity contribution in [2.75, 3.05) is 13.2 Å². The summed E-state index contributed by atoms with van der Waals surface area (Å²) >= 11 is 0. The first kappa shape index (κ1) is 18.1. The van der Waals surface area contributed by atoms with Gasteiger partial charge in [0.1, 0.15) is 11.5 Å². The van der Waals surface area contributed by atoms with Crippen molar-refractivity contribution >= 4 is 10.8 Å². The van der Waals surface area contributed by atoms with E-state index in [2.05, 4.69) is 72.8 Å². The molecule has 0 atom stereocenters. The Hall–Kier alpha value is -3.26. The molecule has 0 radical (unpaired) electrons. The molecule has 0 unspecified atom stereocenters. The number of rotatable bonds is 8. The Bertz CT molecular complexity index is 925. The molecule has 0 heterocycles. The fraction of sp³-hybridized carbons (Fsp3) is 0.154. The molecule has 28 heavy (non-hydrogen) atoms. The molecule has 0 bridgehead atoms. The lowest BCUT2D eigenvalue weighted by atomic mass is 10.1. The van der Waals surface area contributed by atoms with E-state index in [0.29, 0.717) is 13.2 Å². The van der Waals surface area contributed by atoms with Gasteiger partial charge >= 0.3 is 0 Å². The van der Waals surface area contributed by atoms with Crippen LogP contribution in [-0.4, -0.2) is 13.2 Å². The molecule has 0 N–H and O–H groups in total. The maximum atomic E-state index is 5.93. The average molecular weight is 368 g/mol. The highest BCUT2D eigenvalue weighted by atomic mass is 16.5. The highest BCUT2D eigenvalue weighted by molar-refractivity contribution is 5.85. The van der Waals surface area contributed by atoms with Crippen molar-refractivity contribution < 1.29 is 9.47 Å². The molecule has 0 aromatic heterocycles. The standard InChI is InChI=1S/C26H24O2/c1-3-7-21(8-4-1)15-17-27-25-13-11-24-20-26(14-12-23(24)19-25)28-18-16-22-9-5-2-6-10-22/h1-14,19-20H,15-18H2. The van der Waals surface area contributed by atoms with E-state index in [1.165, 1.54) is 11.1 Å². The van der Waals surface area contributed by atoms with Gasteiger partial charge in [0.2, 0.25) is 0 Å². The van der Waals surface area contributed by atoms with E-state index < -0.39 is 0 Å². The zero-order valence-corrected chi connectivity index (χ0v) is 15.9. The first-order valence-electron chi connectivity index (χ1n) is 9.74. The summed E-state index contributed by atoms with van der Waals surface area (Å²) in [6, 6.07) is 33.3. The number of benzene rings is 4. The molecule has 0 aliphatic carbocycles. The van der Waals surface area contributed by atoms with Crippen LogP contribution in [0, 0.1) is 0 Å². The van der Waals surface area contributed by atoms with Crippen molar-refractivity contribution in [2.24, 2.45) is 0 Å². The van der Waals surface area contributed by atoms with E-state index in [1.807, 2.05) is 24.3 Å². The van der Waals surface area contributed by atoms with Gasteiger partial charge in [0.15, 0.2) is 0 Å². The summed E-state index contributed by atoms with van der Waals surface area (Å²) < 4.78 is 11.9. The first-order chi connectivity index (χ1) is 13.9. The van der Waals surface area contributed by atoms with Crippen molar-refractivity contribution in [3.63, 3.8) is 0 Å². The molecule has 0 spiro atoms. The quantitative estimate of drug-likeness (QED) is 0.375. The van der Waals surface area contributed by atoms with Crippen molar-refractivity contribution in [3.8, 4) is 11.5 Å². The highest BCUT2D eigenvalue weighted by Crippen LogP contribution is 2.25. The Kier molecular flexibility index (Phi) is 5.89. The van der Waals surface area contributed by atoms with Crippen molar-refractivity contribution in [2.45, 2.75) is 12.8 Å². The lowest BCUT2D eigenvalue weighted by Crippen LogP contribution is -2.01. The van der Waals surface area contributed by atoms with Gasteiger partial charge < -0.3 is 9.47 Å². The molecule has 4 rings (SSSR count). The summed E-state index contributed by atoms with van der Waals surface area (Å²) in [6.07, 6.45) is 1.82. The topological polar surface area (TPSA) is 18.5 Å². The summed E-state index contributed by atoms with van der Waals surface area (Å²) in [6.45, 7) is 1.35. The van der Waals surface area contributed by atoms with E-state index in [9.17, 15) is 0 Å². The third-order valence-corrected chi connectivity index (χ3v) is 4.79. The van der Waals surface area contributed by atoms with E-state index in [1.54, 1.807) is 0 Å². The molecule has 0 amide bonds. The van der Waals surface area contributed by atoms with Crippen LogP contribution in [0.2, 0.25) is 0 Å². The second-order valence-electron chi connectivity index (χ2n) is 6.84. The third kappa shape index (κ3) is 4.92. The second kappa shape index (κ2) is 9.09. The average Bonchev–Trinajstić information content (AvgIpc) is 2.75. The normalized spacial score (nSPS) is 10.7. The smallest absolute Gasteiger partial charge is 0.119 e. The zero-order valence-electron chi connectivity index (χ0n) is 15.9. The minimum atomic E-state index is 0.677. The summed E-state index contributed by atoms with van der Waals surface area (Å²) in [5, 5.41) is 2.32. The van der Waals surface area contributed by atoms with Crippen LogP contribution in [0.15, 0.2) is 97.1 Å².